The fraction of sp³-hybridized carbons (Fsp3) is 0.481. The van der Waals surface area contributed by atoms with Crippen molar-refractivity contribution in [1.29, 1.82) is 0 Å². The Hall–Kier alpha value is -3.08. The van der Waals surface area contributed by atoms with Crippen molar-refractivity contribution >= 4 is 23.5 Å². The number of nitrogens with zero attached hydrogens (tertiary/aromatic N) is 5. The lowest BCUT2D eigenvalue weighted by molar-refractivity contribution is -0.114. The van der Waals surface area contributed by atoms with E-state index in [1.54, 1.807) is 6.20 Å². The number of anilines is 1. The molecule has 2 atom stereocenters. The zero-order valence-electron chi connectivity index (χ0n) is 22.0. The number of carbonyl (C=O) groups excluding carboxylic acids is 1. The van der Waals surface area contributed by atoms with Crippen LogP contribution in [0.4, 0.5) is 10.3 Å². The first-order valence-electron chi connectivity index (χ1n) is 12.8. The number of hydrogen-bond acceptors (Lipinski definition) is 6. The zero-order valence-corrected chi connectivity index (χ0v) is 22.8. The molecule has 4 heterocycles. The minimum atomic E-state index is -0.616. The topological polar surface area (TPSA) is 94.3 Å². The third-order valence-electron chi connectivity index (χ3n) is 7.21. The molecule has 0 radical (unpaired) electrons. The van der Waals surface area contributed by atoms with Crippen molar-refractivity contribution in [3.05, 3.63) is 62.9 Å². The van der Waals surface area contributed by atoms with Crippen LogP contribution in [0.2, 0.25) is 5.02 Å². The number of carbonyl (C=O) groups is 1. The van der Waals surface area contributed by atoms with Crippen LogP contribution in [0.5, 0.6) is 0 Å². The molecule has 5 rings (SSSR count). The minimum absolute atomic E-state index is 0.0151. The molecule has 2 bridgehead atoms. The van der Waals surface area contributed by atoms with Gasteiger partial charge in [0, 0.05) is 37.3 Å². The molecule has 202 valence electrons. The summed E-state index contributed by atoms with van der Waals surface area (Å²) >= 11 is 5.98. The number of benzene rings is 1. The average Bonchev–Trinajstić information content (AvgIpc) is 3.28. The largest absolute Gasteiger partial charge is 0.378 e. The summed E-state index contributed by atoms with van der Waals surface area (Å²) in [5, 5.41) is 6.85. The molecule has 38 heavy (non-hydrogen) atoms. The third-order valence-corrected chi connectivity index (χ3v) is 7.50. The number of rotatable bonds is 6. The molecule has 2 fully saturated rings. The Bertz CT molecular complexity index is 1410. The van der Waals surface area contributed by atoms with Crippen molar-refractivity contribution in [2.45, 2.75) is 64.5 Å². The van der Waals surface area contributed by atoms with Crippen LogP contribution in [0.3, 0.4) is 0 Å². The number of fused-ring (bicyclic) bond motifs is 2. The van der Waals surface area contributed by atoms with E-state index in [2.05, 4.69) is 42.2 Å². The number of nitrogens with one attached hydrogen (secondary N) is 1. The minimum Gasteiger partial charge on any atom is -0.378 e. The van der Waals surface area contributed by atoms with E-state index in [0.29, 0.717) is 17.9 Å². The SMILES string of the molecule is CC(=O)Nc1nn(-c2ncc(CCN3C4CCC3COC4)cc2C(C)(C)C)c(=O)n1-c1ccc(F)c(Cl)c1. The van der Waals surface area contributed by atoms with Gasteiger partial charge >= 0.3 is 5.69 Å². The van der Waals surface area contributed by atoms with Crippen molar-refractivity contribution in [3.8, 4) is 11.5 Å². The first-order valence-corrected chi connectivity index (χ1v) is 13.2. The van der Waals surface area contributed by atoms with Crippen LogP contribution in [-0.2, 0) is 21.4 Å². The highest BCUT2D eigenvalue weighted by atomic mass is 35.5. The van der Waals surface area contributed by atoms with E-state index in [0.717, 1.165) is 43.4 Å². The monoisotopic (exact) mass is 542 g/mol. The maximum atomic E-state index is 13.8. The number of morpholine rings is 1. The molecule has 2 aromatic heterocycles. The lowest BCUT2D eigenvalue weighted by Crippen LogP contribution is -2.46. The van der Waals surface area contributed by atoms with Gasteiger partial charge in [-0.05, 0) is 54.5 Å². The Morgan fingerprint density at radius 3 is 2.55 bits per heavy atom. The van der Waals surface area contributed by atoms with E-state index in [4.69, 9.17) is 21.3 Å². The summed E-state index contributed by atoms with van der Waals surface area (Å²) in [6.45, 7) is 9.99. The van der Waals surface area contributed by atoms with Crippen molar-refractivity contribution in [1.82, 2.24) is 24.2 Å². The van der Waals surface area contributed by atoms with Crippen molar-refractivity contribution in [2.75, 3.05) is 25.1 Å². The molecule has 1 amide bonds. The second-order valence-corrected chi connectivity index (χ2v) is 11.4. The fourth-order valence-corrected chi connectivity index (χ4v) is 5.47. The lowest BCUT2D eigenvalue weighted by Gasteiger charge is -2.34. The summed E-state index contributed by atoms with van der Waals surface area (Å²) < 4.78 is 21.9. The van der Waals surface area contributed by atoms with Gasteiger partial charge in [0.15, 0.2) is 5.82 Å². The predicted molar refractivity (Wildman–Crippen MR) is 143 cm³/mol. The summed E-state index contributed by atoms with van der Waals surface area (Å²) in [4.78, 5) is 32.8. The second-order valence-electron chi connectivity index (χ2n) is 11.0. The normalized spacial score (nSPS) is 19.6. The molecule has 0 saturated carbocycles. The van der Waals surface area contributed by atoms with Gasteiger partial charge in [0.25, 0.3) is 0 Å². The Balaban J connectivity index is 1.53. The average molecular weight is 543 g/mol. The van der Waals surface area contributed by atoms with E-state index in [1.807, 2.05) is 0 Å². The fourth-order valence-electron chi connectivity index (χ4n) is 5.30. The van der Waals surface area contributed by atoms with Crippen LogP contribution in [0.1, 0.15) is 51.7 Å². The molecule has 2 aliphatic heterocycles. The number of ether oxygens (including phenoxy) is 1. The van der Waals surface area contributed by atoms with Gasteiger partial charge in [-0.15, -0.1) is 5.10 Å². The summed E-state index contributed by atoms with van der Waals surface area (Å²) in [5.74, 6) is -0.669. The molecule has 0 spiro atoms. The number of aromatic nitrogens is 4. The molecule has 1 aromatic carbocycles. The standard InChI is InChI=1S/C27H32ClFN6O3/c1-16(36)31-25-32-35(26(37)34(25)18-7-8-23(29)22(28)12-18)24-21(27(2,3)4)11-17(13-30-24)9-10-33-19-5-6-20(33)15-38-14-19/h7-8,11-13,19-20H,5-6,9-10,14-15H2,1-4H3,(H,31,32,36). The van der Waals surface area contributed by atoms with Crippen LogP contribution in [0.25, 0.3) is 11.5 Å². The maximum absolute atomic E-state index is 13.8. The van der Waals surface area contributed by atoms with Crippen molar-refractivity contribution in [3.63, 3.8) is 0 Å². The Kier molecular flexibility index (Phi) is 7.15. The van der Waals surface area contributed by atoms with Gasteiger partial charge in [0.2, 0.25) is 11.9 Å². The van der Waals surface area contributed by atoms with Crippen LogP contribution < -0.4 is 11.0 Å². The highest BCUT2D eigenvalue weighted by molar-refractivity contribution is 6.30. The van der Waals surface area contributed by atoms with Crippen molar-refractivity contribution in [2.24, 2.45) is 0 Å². The third kappa shape index (κ3) is 5.12. The first-order chi connectivity index (χ1) is 18.0. The molecule has 1 N–H and O–H groups in total. The highest BCUT2D eigenvalue weighted by Gasteiger charge is 2.36. The second kappa shape index (κ2) is 10.2. The summed E-state index contributed by atoms with van der Waals surface area (Å²) in [6.07, 6.45) is 4.97. The molecule has 9 nitrogen and oxygen atoms in total. The van der Waals surface area contributed by atoms with Gasteiger partial charge in [-0.1, -0.05) is 32.4 Å². The Labute approximate surface area is 225 Å². The molecular formula is C27H32ClFN6O3. The first kappa shape index (κ1) is 26.5. The van der Waals surface area contributed by atoms with Gasteiger partial charge in [0.1, 0.15) is 5.82 Å². The molecule has 2 unspecified atom stereocenters. The van der Waals surface area contributed by atoms with E-state index in [9.17, 15) is 14.0 Å². The lowest BCUT2D eigenvalue weighted by atomic mass is 9.86. The molecular weight excluding hydrogens is 511 g/mol. The molecule has 0 aliphatic carbocycles. The van der Waals surface area contributed by atoms with Gasteiger partial charge < -0.3 is 4.74 Å². The van der Waals surface area contributed by atoms with Crippen LogP contribution in [0, 0.1) is 5.82 Å². The van der Waals surface area contributed by atoms with E-state index in [-0.39, 0.29) is 22.1 Å². The van der Waals surface area contributed by atoms with Gasteiger partial charge in [-0.25, -0.2) is 18.7 Å². The quantitative estimate of drug-likeness (QED) is 0.508. The maximum Gasteiger partial charge on any atom is 0.358 e. The van der Waals surface area contributed by atoms with E-state index in [1.165, 1.54) is 41.1 Å². The molecule has 11 heteroatoms. The van der Waals surface area contributed by atoms with Crippen LogP contribution in [-0.4, -0.2) is 62.0 Å². The van der Waals surface area contributed by atoms with Gasteiger partial charge in [-0.2, -0.15) is 4.68 Å². The molecule has 2 saturated heterocycles. The van der Waals surface area contributed by atoms with Crippen LogP contribution in [0.15, 0.2) is 35.3 Å². The summed E-state index contributed by atoms with van der Waals surface area (Å²) in [6, 6.07) is 6.93. The van der Waals surface area contributed by atoms with Crippen LogP contribution >= 0.6 is 11.6 Å². The summed E-state index contributed by atoms with van der Waals surface area (Å²) in [5.41, 5.74) is 1.27. The summed E-state index contributed by atoms with van der Waals surface area (Å²) in [7, 11) is 0. The highest BCUT2D eigenvalue weighted by Crippen LogP contribution is 2.31. The van der Waals surface area contributed by atoms with Gasteiger partial charge in [-0.3, -0.25) is 15.0 Å². The van der Waals surface area contributed by atoms with E-state index < -0.39 is 17.4 Å². The smallest absolute Gasteiger partial charge is 0.358 e. The number of pyridine rings is 1. The Morgan fingerprint density at radius 1 is 1.21 bits per heavy atom. The zero-order chi connectivity index (χ0) is 27.2. The van der Waals surface area contributed by atoms with Gasteiger partial charge in [0.05, 0.1) is 23.9 Å². The number of hydrogen-bond donors (Lipinski definition) is 1. The number of amides is 1. The molecule has 2 aliphatic rings. The van der Waals surface area contributed by atoms with Crippen molar-refractivity contribution < 1.29 is 13.9 Å². The Morgan fingerprint density at radius 2 is 1.92 bits per heavy atom. The predicted octanol–water partition coefficient (Wildman–Crippen LogP) is 3.87. The number of halogens is 2. The van der Waals surface area contributed by atoms with E-state index >= 15 is 0 Å². The molecule has 3 aromatic rings.